The maximum absolute atomic E-state index is 12.7. The van der Waals surface area contributed by atoms with Crippen LogP contribution >= 0.6 is 0 Å². The molecule has 0 aromatic heterocycles. The predicted octanol–water partition coefficient (Wildman–Crippen LogP) is 3.34. The largest absolute Gasteiger partial charge is 0.426 e. The van der Waals surface area contributed by atoms with Crippen LogP contribution in [0.4, 0.5) is 18.9 Å². The average molecular weight is 366 g/mol. The molecule has 2 aromatic rings. The Bertz CT molecular complexity index is 786. The zero-order valence-corrected chi connectivity index (χ0v) is 14.0. The second-order valence-corrected chi connectivity index (χ2v) is 5.59. The van der Waals surface area contributed by atoms with Gasteiger partial charge in [-0.2, -0.15) is 13.2 Å². The van der Waals surface area contributed by atoms with Crippen LogP contribution < -0.4 is 5.32 Å². The normalized spacial score (nSPS) is 14.5. The lowest BCUT2D eigenvalue weighted by Crippen LogP contribution is -2.52. The number of alkyl halides is 3. The first-order chi connectivity index (χ1) is 12.2. The molecule has 1 amide bonds. The third kappa shape index (κ3) is 4.20. The molecule has 138 valence electrons. The number of hydrogen-bond donors (Lipinski definition) is 2. The number of nitrogens with one attached hydrogen (secondary N) is 1. The van der Waals surface area contributed by atoms with Crippen molar-refractivity contribution in [3.63, 3.8) is 0 Å². The zero-order valence-electron chi connectivity index (χ0n) is 14.0. The maximum atomic E-state index is 12.7. The Morgan fingerprint density at radius 2 is 1.58 bits per heavy atom. The number of carbonyl (C=O) groups excluding carboxylic acids is 1. The number of hydrogen-bond acceptors (Lipinski definition) is 4. The summed E-state index contributed by atoms with van der Waals surface area (Å²) in [5.74, 6) is -1.56. The van der Waals surface area contributed by atoms with Gasteiger partial charge in [0.2, 0.25) is 5.60 Å². The van der Waals surface area contributed by atoms with Crippen LogP contribution in [0.3, 0.4) is 0 Å². The first-order valence-corrected chi connectivity index (χ1v) is 7.54. The fourth-order valence-electron chi connectivity index (χ4n) is 2.05. The minimum absolute atomic E-state index is 0.105. The number of rotatable bonds is 5. The highest BCUT2D eigenvalue weighted by Gasteiger charge is 2.55. The summed E-state index contributed by atoms with van der Waals surface area (Å²) in [5.41, 5.74) is -1.44. The zero-order chi connectivity index (χ0) is 19.4. The van der Waals surface area contributed by atoms with E-state index in [0.29, 0.717) is 18.2 Å². The van der Waals surface area contributed by atoms with E-state index < -0.39 is 17.7 Å². The summed E-state index contributed by atoms with van der Waals surface area (Å²) in [6.45, 7) is 0.398. The van der Waals surface area contributed by atoms with E-state index in [0.717, 1.165) is 5.56 Å². The summed E-state index contributed by atoms with van der Waals surface area (Å²) < 4.78 is 38.1. The first-order valence-electron chi connectivity index (χ1n) is 7.54. The van der Waals surface area contributed by atoms with E-state index in [4.69, 9.17) is 4.84 Å². The van der Waals surface area contributed by atoms with Gasteiger partial charge in [0.25, 0.3) is 5.91 Å². The lowest BCUT2D eigenvalue weighted by atomic mass is 10.0. The van der Waals surface area contributed by atoms with E-state index in [1.165, 1.54) is 19.2 Å². The predicted molar refractivity (Wildman–Crippen MR) is 90.8 cm³/mol. The highest BCUT2D eigenvalue weighted by Crippen LogP contribution is 2.31. The summed E-state index contributed by atoms with van der Waals surface area (Å²) in [6, 6.07) is 15.1. The Morgan fingerprint density at radius 3 is 2.08 bits per heavy atom. The maximum Gasteiger partial charge on any atom is 0.426 e. The average Bonchev–Trinajstić information content (AvgIpc) is 2.60. The number of oxime groups is 1. The molecule has 5 nitrogen and oxygen atoms in total. The van der Waals surface area contributed by atoms with Crippen LogP contribution in [0.2, 0.25) is 0 Å². The molecule has 0 aliphatic rings. The lowest BCUT2D eigenvalue weighted by Gasteiger charge is -2.24. The monoisotopic (exact) mass is 366 g/mol. The molecule has 1 unspecified atom stereocenters. The summed E-state index contributed by atoms with van der Waals surface area (Å²) in [4.78, 5) is 16.5. The Kier molecular flexibility index (Phi) is 5.66. The van der Waals surface area contributed by atoms with Crippen molar-refractivity contribution in [2.75, 3.05) is 12.4 Å². The second kappa shape index (κ2) is 7.57. The molecule has 8 heteroatoms. The Labute approximate surface area is 148 Å². The topological polar surface area (TPSA) is 70.9 Å². The molecule has 26 heavy (non-hydrogen) atoms. The molecule has 0 aliphatic carbocycles. The van der Waals surface area contributed by atoms with Crippen molar-refractivity contribution in [2.45, 2.75) is 18.7 Å². The Hall–Kier alpha value is -2.87. The van der Waals surface area contributed by atoms with Gasteiger partial charge in [0.15, 0.2) is 0 Å². The number of anilines is 1. The van der Waals surface area contributed by atoms with Crippen LogP contribution in [-0.4, -0.2) is 35.6 Å². The molecular weight excluding hydrogens is 349 g/mol. The summed E-state index contributed by atoms with van der Waals surface area (Å²) in [7, 11) is 1.40. The van der Waals surface area contributed by atoms with E-state index in [9.17, 15) is 23.1 Å². The highest BCUT2D eigenvalue weighted by molar-refractivity contribution is 6.12. The van der Waals surface area contributed by atoms with E-state index in [2.05, 4.69) is 5.16 Å². The molecule has 2 N–H and O–H groups in total. The second-order valence-electron chi connectivity index (χ2n) is 5.59. The number of aliphatic hydroxyl groups is 1. The molecular formula is C18H17F3N2O3. The highest BCUT2D eigenvalue weighted by atomic mass is 19.4. The lowest BCUT2D eigenvalue weighted by molar-refractivity contribution is -0.242. The van der Waals surface area contributed by atoms with Gasteiger partial charge in [0.1, 0.15) is 12.8 Å². The minimum atomic E-state index is -5.08. The van der Waals surface area contributed by atoms with Crippen LogP contribution in [0.15, 0.2) is 59.8 Å². The number of nitrogens with zero attached hydrogens (tertiary/aromatic N) is 1. The molecule has 0 fully saturated rings. The van der Waals surface area contributed by atoms with Crippen LogP contribution in [-0.2, 0) is 9.63 Å². The molecule has 0 aliphatic heterocycles. The van der Waals surface area contributed by atoms with Crippen molar-refractivity contribution in [3.05, 3.63) is 65.7 Å². The molecule has 0 saturated heterocycles. The number of amides is 1. The van der Waals surface area contributed by atoms with Crippen molar-refractivity contribution in [1.82, 2.24) is 0 Å². The molecule has 0 spiro atoms. The molecule has 0 saturated carbocycles. The first kappa shape index (κ1) is 19.5. The van der Waals surface area contributed by atoms with Crippen molar-refractivity contribution >= 4 is 17.3 Å². The molecule has 2 aromatic carbocycles. The number of halogens is 3. The van der Waals surface area contributed by atoms with Gasteiger partial charge in [-0.1, -0.05) is 47.6 Å². The summed E-state index contributed by atoms with van der Waals surface area (Å²) in [6.07, 6.45) is -5.08. The van der Waals surface area contributed by atoms with Crippen LogP contribution in [0.25, 0.3) is 0 Å². The van der Waals surface area contributed by atoms with E-state index >= 15 is 0 Å². The Morgan fingerprint density at radius 1 is 1.04 bits per heavy atom. The molecule has 0 bridgehead atoms. The molecule has 2 rings (SSSR count). The third-order valence-corrected chi connectivity index (χ3v) is 3.64. The van der Waals surface area contributed by atoms with E-state index in [1.54, 1.807) is 12.1 Å². The van der Waals surface area contributed by atoms with Crippen molar-refractivity contribution in [1.29, 1.82) is 0 Å². The minimum Gasteiger partial charge on any atom is -0.399 e. The van der Waals surface area contributed by atoms with E-state index in [1.807, 2.05) is 35.6 Å². The van der Waals surface area contributed by atoms with Crippen molar-refractivity contribution in [2.24, 2.45) is 5.16 Å². The fraction of sp³-hybridized carbons (Fsp3) is 0.222. The smallest absolute Gasteiger partial charge is 0.399 e. The van der Waals surface area contributed by atoms with Crippen LogP contribution in [0.5, 0.6) is 0 Å². The van der Waals surface area contributed by atoms with Gasteiger partial charge in [-0.05, 0) is 19.1 Å². The van der Waals surface area contributed by atoms with Crippen molar-refractivity contribution in [3.8, 4) is 0 Å². The van der Waals surface area contributed by atoms with Gasteiger partial charge in [0.05, 0.1) is 0 Å². The van der Waals surface area contributed by atoms with Gasteiger partial charge in [-0.15, -0.1) is 0 Å². The fourth-order valence-corrected chi connectivity index (χ4v) is 2.05. The van der Waals surface area contributed by atoms with Gasteiger partial charge < -0.3 is 15.3 Å². The molecule has 1 atom stereocenters. The SMILES string of the molecule is CO/N=C(/c1ccccc1)c1ccc(NC(=O)C(C)(O)C(F)(F)F)cc1. The third-order valence-electron chi connectivity index (χ3n) is 3.64. The Balaban J connectivity index is 2.23. The van der Waals surface area contributed by atoms with Gasteiger partial charge in [-0.3, -0.25) is 4.79 Å². The standard InChI is InChI=1S/C18H17F3N2O3/c1-17(25,18(19,20)21)16(24)22-14-10-8-13(9-11-14)15(23-26-2)12-6-4-3-5-7-12/h3-11,25H,1-2H3,(H,22,24)/b23-15-. The van der Waals surface area contributed by atoms with Gasteiger partial charge in [0, 0.05) is 16.8 Å². The van der Waals surface area contributed by atoms with Crippen LogP contribution in [0, 0.1) is 0 Å². The molecule has 0 radical (unpaired) electrons. The number of benzene rings is 2. The number of carbonyl (C=O) groups is 1. The quantitative estimate of drug-likeness (QED) is 0.630. The van der Waals surface area contributed by atoms with Crippen LogP contribution in [0.1, 0.15) is 18.1 Å². The summed E-state index contributed by atoms with van der Waals surface area (Å²) in [5, 5.41) is 15.4. The summed E-state index contributed by atoms with van der Waals surface area (Å²) >= 11 is 0. The van der Waals surface area contributed by atoms with Gasteiger partial charge >= 0.3 is 6.18 Å². The van der Waals surface area contributed by atoms with Gasteiger partial charge in [-0.25, -0.2) is 0 Å². The van der Waals surface area contributed by atoms with E-state index in [-0.39, 0.29) is 5.69 Å². The van der Waals surface area contributed by atoms with Crippen molar-refractivity contribution < 1.29 is 27.9 Å². The molecule has 0 heterocycles.